The third-order valence-electron chi connectivity index (χ3n) is 1.36. The molecular formula is C7H6INO3S2. The standard InChI is InChI=1S/C7H6INO3S2/c8-7(10)5-1-3-6(4-2-5)9-14(11,12)13/h1-4,9H,(H,11,12,13). The maximum Gasteiger partial charge on any atom is 0.229 e. The highest BCUT2D eigenvalue weighted by Gasteiger charge is 2.02. The first kappa shape index (κ1) is 11.8. The Morgan fingerprint density at radius 3 is 2.29 bits per heavy atom. The van der Waals surface area contributed by atoms with Crippen LogP contribution in [0.2, 0.25) is 0 Å². The van der Waals surface area contributed by atoms with Crippen molar-refractivity contribution in [1.29, 1.82) is 0 Å². The van der Waals surface area contributed by atoms with Crippen LogP contribution in [0.4, 0.5) is 5.69 Å². The highest BCUT2D eigenvalue weighted by Crippen LogP contribution is 2.13. The van der Waals surface area contributed by atoms with Gasteiger partial charge in [0.25, 0.3) is 0 Å². The summed E-state index contributed by atoms with van der Waals surface area (Å²) in [7, 11) is -3.41. The third kappa shape index (κ3) is 3.86. The molecule has 7 heteroatoms. The van der Waals surface area contributed by atoms with Gasteiger partial charge < -0.3 is 0 Å². The summed E-state index contributed by atoms with van der Waals surface area (Å²) in [5.41, 5.74) is 0.943. The number of hydrogen-bond acceptors (Lipinski definition) is 3. The quantitative estimate of drug-likeness (QED) is 0.649. The summed E-state index contributed by atoms with van der Waals surface area (Å²) in [5.74, 6) is 0. The lowest BCUT2D eigenvalue weighted by Crippen LogP contribution is -2.08. The number of benzene rings is 1. The molecule has 14 heavy (non-hydrogen) atoms. The van der Waals surface area contributed by atoms with Crippen LogP contribution in [0, 0.1) is 0 Å². The van der Waals surface area contributed by atoms with Crippen molar-refractivity contribution in [2.24, 2.45) is 0 Å². The van der Waals surface area contributed by atoms with Crippen molar-refractivity contribution in [2.75, 3.05) is 4.72 Å². The molecule has 0 spiro atoms. The van der Waals surface area contributed by atoms with E-state index < -0.39 is 8.96 Å². The van der Waals surface area contributed by atoms with Gasteiger partial charge in [-0.05, 0) is 24.3 Å². The monoisotopic (exact) mass is 343 g/mol. The van der Waals surface area contributed by atoms with E-state index in [1.165, 1.54) is 12.1 Å². The van der Waals surface area contributed by atoms with E-state index >= 15 is 0 Å². The van der Waals surface area contributed by atoms with E-state index in [1.807, 2.05) is 0 Å². The van der Waals surface area contributed by atoms with Crippen LogP contribution in [0.5, 0.6) is 0 Å². The van der Waals surface area contributed by atoms with Crippen molar-refractivity contribution in [2.45, 2.75) is 0 Å². The highest BCUT2D eigenvalue weighted by atomic mass is 127. The average molecular weight is 343 g/mol. The predicted molar refractivity (Wildman–Crippen MR) is 66.6 cm³/mol. The minimum atomic E-state index is -3.41. The van der Waals surface area contributed by atoms with E-state index in [0.29, 0.717) is 11.3 Å². The molecule has 1 aromatic rings. The number of halogens is 1. The van der Waals surface area contributed by atoms with Crippen molar-refractivity contribution in [3.63, 3.8) is 0 Å². The van der Waals surface area contributed by atoms with Crippen LogP contribution in [0.1, 0.15) is 10.4 Å². The van der Waals surface area contributed by atoms with Crippen molar-refractivity contribution in [3.8, 4) is 0 Å². The Kier molecular flexibility index (Phi) is 3.81. The Morgan fingerprint density at radius 2 is 1.93 bits per heavy atom. The number of anilines is 1. The molecule has 1 rings (SSSR count). The highest BCUT2D eigenvalue weighted by molar-refractivity contribution is 14.1. The summed E-state index contributed by atoms with van der Waals surface area (Å²) in [6.07, 6.45) is 0. The summed E-state index contributed by atoms with van der Waals surface area (Å²) < 4.78 is 21.7. The normalized spacial score (nSPS) is 14.4. The number of hydrogen-bond donors (Lipinski definition) is 2. The van der Waals surface area contributed by atoms with Crippen molar-refractivity contribution < 1.29 is 13.6 Å². The number of rotatable bonds is 3. The fraction of sp³-hybridized carbons (Fsp3) is 0. The van der Waals surface area contributed by atoms with Gasteiger partial charge in [0.15, 0.2) is 0 Å². The van der Waals surface area contributed by atoms with Gasteiger partial charge in [0, 0.05) is 45.0 Å². The van der Waals surface area contributed by atoms with E-state index in [2.05, 4.69) is 15.9 Å². The second-order valence-electron chi connectivity index (χ2n) is 2.43. The molecule has 0 bridgehead atoms. The Balaban J connectivity index is 2.90. The smallest absolute Gasteiger partial charge is 0.229 e. The van der Waals surface area contributed by atoms with E-state index in [4.69, 9.17) is 4.55 Å². The van der Waals surface area contributed by atoms with Gasteiger partial charge in [-0.25, -0.2) is 4.21 Å². The first-order chi connectivity index (χ1) is 6.38. The van der Waals surface area contributed by atoms with E-state index in [0.717, 1.165) is 0 Å². The predicted octanol–water partition coefficient (Wildman–Crippen LogP) is 1.81. The van der Waals surface area contributed by atoms with Crippen molar-refractivity contribution in [1.82, 2.24) is 0 Å². The van der Waals surface area contributed by atoms with E-state index in [9.17, 15) is 9.00 Å². The van der Waals surface area contributed by atoms with Gasteiger partial charge in [-0.3, -0.25) is 14.1 Å². The molecule has 4 nitrogen and oxygen atoms in total. The molecule has 0 aromatic heterocycles. The molecule has 2 N–H and O–H groups in total. The van der Waals surface area contributed by atoms with Gasteiger partial charge in [0.2, 0.25) is 12.7 Å². The van der Waals surface area contributed by atoms with Gasteiger partial charge >= 0.3 is 0 Å². The number of carbonyl (C=O) groups excluding carboxylic acids is 1. The Bertz CT molecular complexity index is 441. The van der Waals surface area contributed by atoms with Crippen LogP contribution in [0.15, 0.2) is 24.3 Å². The molecule has 0 aliphatic rings. The number of carbonyl (C=O) groups is 1. The molecule has 0 amide bonds. The molecule has 1 aromatic carbocycles. The maximum absolute atomic E-state index is 10.9. The summed E-state index contributed by atoms with van der Waals surface area (Å²) in [4.78, 5) is 10.9. The lowest BCUT2D eigenvalue weighted by Gasteiger charge is -2.04. The van der Waals surface area contributed by atoms with Crippen LogP contribution in [-0.4, -0.2) is 12.6 Å². The fourth-order valence-corrected chi connectivity index (χ4v) is 1.90. The minimum Gasteiger partial charge on any atom is -0.290 e. The number of nitrogens with one attached hydrogen (secondary N) is 1. The van der Waals surface area contributed by atoms with Crippen molar-refractivity contribution >= 4 is 52.2 Å². The second kappa shape index (κ2) is 4.51. The zero-order chi connectivity index (χ0) is 10.8. The third-order valence-corrected chi connectivity index (χ3v) is 2.73. The summed E-state index contributed by atoms with van der Waals surface area (Å²) >= 11 is 5.92. The summed E-state index contributed by atoms with van der Waals surface area (Å²) in [6, 6.07) is 6.15. The molecule has 0 radical (unpaired) electrons. The molecule has 0 saturated heterocycles. The Labute approximate surface area is 99.9 Å². The van der Waals surface area contributed by atoms with Crippen molar-refractivity contribution in [3.05, 3.63) is 29.8 Å². The molecule has 0 heterocycles. The van der Waals surface area contributed by atoms with Gasteiger partial charge in [-0.1, -0.05) is 0 Å². The molecule has 1 unspecified atom stereocenters. The zero-order valence-corrected chi connectivity index (χ0v) is 10.6. The SMILES string of the molecule is O=C(I)c1ccc(NS(=O)(O)=S)cc1. The lowest BCUT2D eigenvalue weighted by molar-refractivity contribution is 0.110. The molecule has 0 aliphatic carbocycles. The first-order valence-corrected chi connectivity index (χ1v) is 6.95. The largest absolute Gasteiger partial charge is 0.290 e. The Morgan fingerprint density at radius 1 is 1.43 bits per heavy atom. The van der Waals surface area contributed by atoms with Crippen LogP contribution >= 0.6 is 22.6 Å². The zero-order valence-electron chi connectivity index (χ0n) is 6.77. The Hall–Kier alpha value is -0.250. The summed E-state index contributed by atoms with van der Waals surface area (Å²) in [5, 5.41) is 0. The van der Waals surface area contributed by atoms with Gasteiger partial charge in [-0.2, -0.15) is 0 Å². The lowest BCUT2D eigenvalue weighted by atomic mass is 10.2. The van der Waals surface area contributed by atoms with Crippen LogP contribution in [-0.2, 0) is 20.1 Å². The van der Waals surface area contributed by atoms with Crippen LogP contribution in [0.3, 0.4) is 0 Å². The van der Waals surface area contributed by atoms with E-state index in [-0.39, 0.29) is 3.79 Å². The fourth-order valence-electron chi connectivity index (χ4n) is 0.818. The first-order valence-electron chi connectivity index (χ1n) is 3.43. The minimum absolute atomic E-state index is 0.0859. The van der Waals surface area contributed by atoms with Gasteiger partial charge in [-0.15, -0.1) is 0 Å². The second-order valence-corrected chi connectivity index (χ2v) is 5.92. The van der Waals surface area contributed by atoms with Crippen LogP contribution in [0.25, 0.3) is 0 Å². The molecule has 1 atom stereocenters. The molecule has 0 saturated carbocycles. The van der Waals surface area contributed by atoms with Gasteiger partial charge in [0.1, 0.15) is 0 Å². The average Bonchev–Trinajstić information content (AvgIpc) is 2.02. The van der Waals surface area contributed by atoms with E-state index in [1.54, 1.807) is 34.7 Å². The molecular weight excluding hydrogens is 337 g/mol. The molecule has 0 aliphatic heterocycles. The molecule has 0 fully saturated rings. The van der Waals surface area contributed by atoms with Gasteiger partial charge in [0.05, 0.1) is 0 Å². The maximum atomic E-state index is 10.9. The molecule has 76 valence electrons. The summed E-state index contributed by atoms with van der Waals surface area (Å²) in [6.45, 7) is 0. The topological polar surface area (TPSA) is 66.4 Å². The van der Waals surface area contributed by atoms with Crippen LogP contribution < -0.4 is 4.72 Å².